The minimum atomic E-state index is -1.78. The topological polar surface area (TPSA) is 228 Å². The lowest BCUT2D eigenvalue weighted by atomic mass is 9.97. The number of aliphatic hydroxyl groups excluding tert-OH is 8. The van der Waals surface area contributed by atoms with Gasteiger partial charge in [-0.3, -0.25) is 4.79 Å². The number of carbonyl (C=O) groups is 1. The molecular weight excluding hydrogens is 1000 g/mol. The first-order chi connectivity index (χ1) is 38.6. The maximum Gasteiger partial charge on any atom is 0.220 e. The number of unbranched alkanes of at least 4 members (excludes halogenated alkanes) is 37. The first-order valence-electron chi connectivity index (χ1n) is 33.1. The van der Waals surface area contributed by atoms with Crippen LogP contribution in [-0.4, -0.2) is 140 Å². The van der Waals surface area contributed by atoms with Gasteiger partial charge in [-0.05, 0) is 44.9 Å². The van der Waals surface area contributed by atoms with Crippen LogP contribution >= 0.6 is 0 Å². The first kappa shape index (κ1) is 73.6. The van der Waals surface area contributed by atoms with Crippen molar-refractivity contribution < 1.29 is 64.6 Å². The van der Waals surface area contributed by atoms with E-state index in [1.165, 1.54) is 199 Å². The van der Waals surface area contributed by atoms with Crippen LogP contribution in [0.3, 0.4) is 0 Å². The molecule has 0 aliphatic carbocycles. The summed E-state index contributed by atoms with van der Waals surface area (Å²) < 4.78 is 22.9. The van der Waals surface area contributed by atoms with Crippen molar-refractivity contribution in [3.8, 4) is 0 Å². The number of rotatable bonds is 54. The summed E-state index contributed by atoms with van der Waals surface area (Å²) >= 11 is 0. The highest BCUT2D eigenvalue weighted by Crippen LogP contribution is 2.30. The third-order valence-corrected chi connectivity index (χ3v) is 16.4. The molecule has 0 bridgehead atoms. The zero-order valence-corrected chi connectivity index (χ0v) is 50.4. The average Bonchev–Trinajstić information content (AvgIpc) is 3.47. The Morgan fingerprint density at radius 2 is 0.835 bits per heavy atom. The van der Waals surface area contributed by atoms with Gasteiger partial charge in [-0.15, -0.1) is 0 Å². The minimum absolute atomic E-state index is 0.207. The number of allylic oxidation sites excluding steroid dienone is 4. The van der Waals surface area contributed by atoms with Crippen molar-refractivity contribution in [1.29, 1.82) is 0 Å². The van der Waals surface area contributed by atoms with E-state index in [2.05, 4.69) is 43.5 Å². The van der Waals surface area contributed by atoms with E-state index in [9.17, 15) is 45.6 Å². The van der Waals surface area contributed by atoms with Gasteiger partial charge in [0.2, 0.25) is 5.91 Å². The van der Waals surface area contributed by atoms with Gasteiger partial charge in [-0.2, -0.15) is 0 Å². The molecule has 0 saturated carbocycles. The van der Waals surface area contributed by atoms with Crippen molar-refractivity contribution in [2.24, 2.45) is 0 Å². The first-order valence-corrected chi connectivity index (χ1v) is 33.1. The van der Waals surface area contributed by atoms with Crippen molar-refractivity contribution in [3.05, 3.63) is 24.3 Å². The van der Waals surface area contributed by atoms with E-state index in [0.29, 0.717) is 12.8 Å². The van der Waals surface area contributed by atoms with Crippen LogP contribution in [0.15, 0.2) is 24.3 Å². The van der Waals surface area contributed by atoms with E-state index in [-0.39, 0.29) is 12.5 Å². The van der Waals surface area contributed by atoms with Gasteiger partial charge < -0.3 is 65.1 Å². The van der Waals surface area contributed by atoms with Gasteiger partial charge in [-0.25, -0.2) is 0 Å². The third-order valence-electron chi connectivity index (χ3n) is 16.4. The molecule has 14 heteroatoms. The van der Waals surface area contributed by atoms with Crippen molar-refractivity contribution in [2.45, 2.75) is 364 Å². The van der Waals surface area contributed by atoms with Gasteiger partial charge >= 0.3 is 0 Å². The van der Waals surface area contributed by atoms with Crippen molar-refractivity contribution in [3.63, 3.8) is 0 Å². The van der Waals surface area contributed by atoms with E-state index in [1.54, 1.807) is 0 Å². The molecule has 1 amide bonds. The summed E-state index contributed by atoms with van der Waals surface area (Å²) in [4.78, 5) is 13.3. The van der Waals surface area contributed by atoms with Crippen LogP contribution < -0.4 is 5.32 Å². The summed E-state index contributed by atoms with van der Waals surface area (Å²) in [7, 11) is 0. The second-order valence-electron chi connectivity index (χ2n) is 23.6. The lowest BCUT2D eigenvalue weighted by Gasteiger charge is -2.46. The molecule has 2 aliphatic heterocycles. The fourth-order valence-electron chi connectivity index (χ4n) is 11.1. The molecule has 12 atom stereocenters. The van der Waals surface area contributed by atoms with E-state index >= 15 is 0 Å². The maximum absolute atomic E-state index is 13.3. The molecule has 2 fully saturated rings. The molecule has 0 aromatic rings. The Morgan fingerprint density at radius 1 is 0.456 bits per heavy atom. The fraction of sp³-hybridized carbons (Fsp3) is 0.923. The Balaban J connectivity index is 1.69. The number of nitrogens with one attached hydrogen (secondary N) is 1. The van der Waals surface area contributed by atoms with E-state index in [0.717, 1.165) is 64.2 Å². The Hall–Kier alpha value is -1.53. The van der Waals surface area contributed by atoms with Crippen LogP contribution in [0.25, 0.3) is 0 Å². The summed E-state index contributed by atoms with van der Waals surface area (Å²) in [6.07, 6.45) is 44.7. The second-order valence-corrected chi connectivity index (χ2v) is 23.6. The van der Waals surface area contributed by atoms with Crippen molar-refractivity contribution >= 4 is 5.91 Å². The van der Waals surface area contributed by atoms with Gasteiger partial charge in [0.1, 0.15) is 48.8 Å². The minimum Gasteiger partial charge on any atom is -0.394 e. The van der Waals surface area contributed by atoms with E-state index in [1.807, 2.05) is 0 Å². The Labute approximate surface area is 481 Å². The van der Waals surface area contributed by atoms with Crippen LogP contribution in [0.4, 0.5) is 0 Å². The number of amides is 1. The number of hydrogen-bond acceptors (Lipinski definition) is 13. The highest BCUT2D eigenvalue weighted by molar-refractivity contribution is 5.76. The molecule has 2 rings (SSSR count). The largest absolute Gasteiger partial charge is 0.394 e. The van der Waals surface area contributed by atoms with Gasteiger partial charge in [0, 0.05) is 6.42 Å². The smallest absolute Gasteiger partial charge is 0.220 e. The molecule has 9 N–H and O–H groups in total. The molecule has 466 valence electrons. The fourth-order valence-corrected chi connectivity index (χ4v) is 11.1. The molecule has 2 saturated heterocycles. The maximum atomic E-state index is 13.3. The summed E-state index contributed by atoms with van der Waals surface area (Å²) in [6, 6.07) is -0.831. The zero-order chi connectivity index (χ0) is 57.4. The lowest BCUT2D eigenvalue weighted by molar-refractivity contribution is -0.359. The Bertz CT molecular complexity index is 1420. The predicted molar refractivity (Wildman–Crippen MR) is 318 cm³/mol. The summed E-state index contributed by atoms with van der Waals surface area (Å²) in [5.41, 5.74) is 0. The number of ether oxygens (including phenoxy) is 4. The Morgan fingerprint density at radius 3 is 1.29 bits per heavy atom. The molecule has 12 unspecified atom stereocenters. The summed E-state index contributed by atoms with van der Waals surface area (Å²) in [5, 5.41) is 87.5. The zero-order valence-electron chi connectivity index (χ0n) is 50.4. The monoisotopic (exact) mass is 1130 g/mol. The van der Waals surface area contributed by atoms with Crippen molar-refractivity contribution in [1.82, 2.24) is 5.32 Å². The standard InChI is InChI=1S/C65H123NO13/c1-3-5-7-9-11-13-15-17-19-21-23-24-25-26-27-28-29-31-32-34-36-38-40-42-44-46-48-54(69)53(66-57(70)49-47-45-43-41-39-37-35-33-30-22-20-18-16-14-12-10-8-6-4-2)52-76-64-62(75)60(73)63(56(51-68)78-64)79-65-61(74)59(72)58(71)55(50-67)77-65/h12,14,18,20,53-56,58-65,67-69,71-75H,3-11,13,15-17,19,21-52H2,1-2H3,(H,66,70)/b14-12-,20-18-. The molecule has 2 aliphatic rings. The Kier molecular flexibility index (Phi) is 47.4. The van der Waals surface area contributed by atoms with Crippen LogP contribution in [0.1, 0.15) is 290 Å². The lowest BCUT2D eigenvalue weighted by Crippen LogP contribution is -2.65. The van der Waals surface area contributed by atoms with E-state index in [4.69, 9.17) is 18.9 Å². The number of hydrogen-bond donors (Lipinski definition) is 9. The van der Waals surface area contributed by atoms with Gasteiger partial charge in [-0.1, -0.05) is 263 Å². The van der Waals surface area contributed by atoms with E-state index < -0.39 is 86.8 Å². The highest BCUT2D eigenvalue weighted by atomic mass is 16.7. The van der Waals surface area contributed by atoms with Crippen LogP contribution in [0, 0.1) is 0 Å². The predicted octanol–water partition coefficient (Wildman–Crippen LogP) is 12.4. The van der Waals surface area contributed by atoms with Crippen LogP contribution in [-0.2, 0) is 23.7 Å². The SMILES string of the molecule is CCCCC/C=C\C/C=C\CCCCCCCCCCCC(=O)NC(COC1OC(CO)C(OC2OC(CO)C(O)C(O)C2O)C(O)C1O)C(O)CCCCCCCCCCCCCCCCCCCCCCCCCCCC. The molecule has 0 aromatic heterocycles. The number of aliphatic hydroxyl groups is 8. The molecule has 2 heterocycles. The number of carbonyl (C=O) groups excluding carboxylic acids is 1. The second kappa shape index (κ2) is 50.9. The van der Waals surface area contributed by atoms with Gasteiger partial charge in [0.25, 0.3) is 0 Å². The average molecular weight is 1130 g/mol. The molecule has 14 nitrogen and oxygen atoms in total. The van der Waals surface area contributed by atoms with Gasteiger partial charge in [0.05, 0.1) is 32.0 Å². The van der Waals surface area contributed by atoms with Crippen LogP contribution in [0.5, 0.6) is 0 Å². The molecule has 0 aromatic carbocycles. The molecule has 0 radical (unpaired) electrons. The van der Waals surface area contributed by atoms with Gasteiger partial charge in [0.15, 0.2) is 12.6 Å². The third kappa shape index (κ3) is 36.0. The van der Waals surface area contributed by atoms with Crippen LogP contribution in [0.2, 0.25) is 0 Å². The molecule has 79 heavy (non-hydrogen) atoms. The summed E-state index contributed by atoms with van der Waals surface area (Å²) in [5.74, 6) is -0.207. The van der Waals surface area contributed by atoms with Crippen molar-refractivity contribution in [2.75, 3.05) is 19.8 Å². The molecular formula is C65H123NO13. The molecule has 0 spiro atoms. The summed E-state index contributed by atoms with van der Waals surface area (Å²) in [6.45, 7) is 2.87. The quantitative estimate of drug-likeness (QED) is 0.0204. The normalized spacial score (nSPS) is 24.5. The highest BCUT2D eigenvalue weighted by Gasteiger charge is 2.51.